The summed E-state index contributed by atoms with van der Waals surface area (Å²) >= 11 is 5.96. The number of halogens is 1. The average Bonchev–Trinajstić information content (AvgIpc) is 3.26. The van der Waals surface area contributed by atoms with E-state index in [1.165, 1.54) is 4.68 Å². The molecular weight excluding hydrogens is 344 g/mol. The molecule has 4 rings (SSSR count). The van der Waals surface area contributed by atoms with Gasteiger partial charge in [-0.3, -0.25) is 0 Å². The number of ether oxygens (including phenoxy) is 2. The maximum absolute atomic E-state index is 12.3. The molecule has 7 nitrogen and oxygen atoms in total. The summed E-state index contributed by atoms with van der Waals surface area (Å²) in [6.45, 7) is -0.0440. The standard InChI is InChI=1S/C17H13ClN4O3/c18-12-6-7-14-11(8-12)9-15(25-14)17(23)24-10-16-19-20-21-22(16)13-4-2-1-3-5-13/h1-8,15H,9-10H2/t15-/m1/s1. The summed E-state index contributed by atoms with van der Waals surface area (Å²) in [4.78, 5) is 12.3. The predicted molar refractivity (Wildman–Crippen MR) is 88.5 cm³/mol. The summed E-state index contributed by atoms with van der Waals surface area (Å²) in [7, 11) is 0. The average molecular weight is 357 g/mol. The van der Waals surface area contributed by atoms with E-state index < -0.39 is 12.1 Å². The van der Waals surface area contributed by atoms with E-state index in [1.807, 2.05) is 30.3 Å². The Morgan fingerprint density at radius 2 is 2.12 bits per heavy atom. The Morgan fingerprint density at radius 3 is 2.96 bits per heavy atom. The number of carbonyl (C=O) groups excluding carboxylic acids is 1. The second-order valence-corrected chi connectivity index (χ2v) is 5.95. The van der Waals surface area contributed by atoms with Crippen LogP contribution in [0.1, 0.15) is 11.4 Å². The van der Waals surface area contributed by atoms with Gasteiger partial charge in [0.1, 0.15) is 5.75 Å². The molecule has 0 fully saturated rings. The Balaban J connectivity index is 1.42. The third kappa shape index (κ3) is 3.18. The van der Waals surface area contributed by atoms with Gasteiger partial charge in [0.2, 0.25) is 0 Å². The number of aromatic nitrogens is 4. The topological polar surface area (TPSA) is 79.1 Å². The summed E-state index contributed by atoms with van der Waals surface area (Å²) in [6.07, 6.45) is -0.257. The maximum Gasteiger partial charge on any atom is 0.348 e. The van der Waals surface area contributed by atoms with Crippen LogP contribution in [0.2, 0.25) is 5.02 Å². The zero-order valence-corrected chi connectivity index (χ0v) is 13.8. The van der Waals surface area contributed by atoms with E-state index in [1.54, 1.807) is 18.2 Å². The van der Waals surface area contributed by atoms with Gasteiger partial charge in [-0.05, 0) is 46.3 Å². The number of para-hydroxylation sites is 1. The smallest absolute Gasteiger partial charge is 0.348 e. The van der Waals surface area contributed by atoms with Gasteiger partial charge in [0, 0.05) is 11.4 Å². The van der Waals surface area contributed by atoms with Crippen molar-refractivity contribution in [3.8, 4) is 11.4 Å². The fourth-order valence-corrected chi connectivity index (χ4v) is 2.84. The lowest BCUT2D eigenvalue weighted by Crippen LogP contribution is -2.27. The van der Waals surface area contributed by atoms with Gasteiger partial charge >= 0.3 is 5.97 Å². The summed E-state index contributed by atoms with van der Waals surface area (Å²) in [5.74, 6) is 0.619. The normalized spacial score (nSPS) is 15.5. The molecule has 126 valence electrons. The minimum absolute atomic E-state index is 0.0440. The van der Waals surface area contributed by atoms with Gasteiger partial charge in [0.15, 0.2) is 18.5 Å². The molecule has 2 aromatic carbocycles. The van der Waals surface area contributed by atoms with Crippen LogP contribution in [0, 0.1) is 0 Å². The molecule has 1 aliphatic heterocycles. The summed E-state index contributed by atoms with van der Waals surface area (Å²) in [6, 6.07) is 14.6. The first kappa shape index (κ1) is 15.6. The van der Waals surface area contributed by atoms with Crippen molar-refractivity contribution >= 4 is 17.6 Å². The molecular formula is C17H13ClN4O3. The van der Waals surface area contributed by atoms with Gasteiger partial charge in [-0.25, -0.2) is 4.79 Å². The van der Waals surface area contributed by atoms with Crippen molar-refractivity contribution in [2.45, 2.75) is 19.1 Å². The van der Waals surface area contributed by atoms with Crippen molar-refractivity contribution in [3.05, 3.63) is 64.9 Å². The minimum Gasteiger partial charge on any atom is -0.478 e. The van der Waals surface area contributed by atoms with Crippen LogP contribution in [0.4, 0.5) is 0 Å². The molecule has 0 radical (unpaired) electrons. The van der Waals surface area contributed by atoms with Gasteiger partial charge in [0.25, 0.3) is 0 Å². The Hall–Kier alpha value is -2.93. The minimum atomic E-state index is -0.686. The van der Waals surface area contributed by atoms with Crippen LogP contribution in [-0.2, 0) is 22.6 Å². The lowest BCUT2D eigenvalue weighted by Gasteiger charge is -2.10. The molecule has 8 heteroatoms. The molecule has 25 heavy (non-hydrogen) atoms. The van der Waals surface area contributed by atoms with Gasteiger partial charge in [-0.2, -0.15) is 4.68 Å². The number of hydrogen-bond acceptors (Lipinski definition) is 6. The highest BCUT2D eigenvalue weighted by Gasteiger charge is 2.31. The summed E-state index contributed by atoms with van der Waals surface area (Å²) in [5, 5.41) is 12.1. The highest BCUT2D eigenvalue weighted by molar-refractivity contribution is 6.30. The van der Waals surface area contributed by atoms with Crippen molar-refractivity contribution < 1.29 is 14.3 Å². The van der Waals surface area contributed by atoms with Crippen LogP contribution in [-0.4, -0.2) is 32.3 Å². The molecule has 1 atom stereocenters. The number of nitrogens with zero attached hydrogens (tertiary/aromatic N) is 4. The number of tetrazole rings is 1. The molecule has 0 saturated carbocycles. The van der Waals surface area contributed by atoms with E-state index in [-0.39, 0.29) is 6.61 Å². The van der Waals surface area contributed by atoms with Crippen LogP contribution in [0.5, 0.6) is 5.75 Å². The fourth-order valence-electron chi connectivity index (χ4n) is 2.64. The van der Waals surface area contributed by atoms with E-state index >= 15 is 0 Å². The Kier molecular flexibility index (Phi) is 4.07. The largest absolute Gasteiger partial charge is 0.478 e. The zero-order valence-electron chi connectivity index (χ0n) is 13.0. The van der Waals surface area contributed by atoms with Gasteiger partial charge in [-0.1, -0.05) is 29.8 Å². The van der Waals surface area contributed by atoms with Crippen LogP contribution < -0.4 is 4.74 Å². The van der Waals surface area contributed by atoms with E-state index in [2.05, 4.69) is 15.5 Å². The van der Waals surface area contributed by atoms with Gasteiger partial charge in [-0.15, -0.1) is 5.10 Å². The Bertz CT molecular complexity index is 913. The number of benzene rings is 2. The number of fused-ring (bicyclic) bond motifs is 1. The third-order valence-corrected chi connectivity index (χ3v) is 4.07. The van der Waals surface area contributed by atoms with Crippen LogP contribution >= 0.6 is 11.6 Å². The monoisotopic (exact) mass is 356 g/mol. The second-order valence-electron chi connectivity index (χ2n) is 5.51. The quantitative estimate of drug-likeness (QED) is 0.668. The second kappa shape index (κ2) is 6.52. The van der Waals surface area contributed by atoms with E-state index in [0.29, 0.717) is 23.0 Å². The molecule has 0 N–H and O–H groups in total. The summed E-state index contributed by atoms with van der Waals surface area (Å²) in [5.41, 5.74) is 1.68. The number of rotatable bonds is 4. The maximum atomic E-state index is 12.3. The first-order chi connectivity index (χ1) is 12.2. The first-order valence-electron chi connectivity index (χ1n) is 7.65. The zero-order chi connectivity index (χ0) is 17.2. The van der Waals surface area contributed by atoms with Crippen LogP contribution in [0.3, 0.4) is 0 Å². The van der Waals surface area contributed by atoms with E-state index in [4.69, 9.17) is 21.1 Å². The van der Waals surface area contributed by atoms with Crippen LogP contribution in [0.15, 0.2) is 48.5 Å². The highest BCUT2D eigenvalue weighted by atomic mass is 35.5. The molecule has 1 aliphatic rings. The molecule has 0 spiro atoms. The SMILES string of the molecule is O=C(OCc1nnnn1-c1ccccc1)[C@H]1Cc2cc(Cl)ccc2O1. The number of hydrogen-bond donors (Lipinski definition) is 0. The van der Waals surface area contributed by atoms with Crippen molar-refractivity contribution in [2.24, 2.45) is 0 Å². The highest BCUT2D eigenvalue weighted by Crippen LogP contribution is 2.31. The molecule has 3 aromatic rings. The lowest BCUT2D eigenvalue weighted by molar-refractivity contribution is -0.152. The van der Waals surface area contributed by atoms with E-state index in [0.717, 1.165) is 11.3 Å². The Morgan fingerprint density at radius 1 is 1.28 bits per heavy atom. The predicted octanol–water partition coefficient (Wildman–Crippen LogP) is 2.36. The van der Waals surface area contributed by atoms with Crippen molar-refractivity contribution in [3.63, 3.8) is 0 Å². The van der Waals surface area contributed by atoms with Crippen LogP contribution in [0.25, 0.3) is 5.69 Å². The van der Waals surface area contributed by atoms with Gasteiger partial charge < -0.3 is 9.47 Å². The molecule has 1 aromatic heterocycles. The third-order valence-electron chi connectivity index (χ3n) is 3.84. The lowest BCUT2D eigenvalue weighted by atomic mass is 10.1. The van der Waals surface area contributed by atoms with Crippen molar-refractivity contribution in [2.75, 3.05) is 0 Å². The molecule has 0 unspecified atom stereocenters. The van der Waals surface area contributed by atoms with Crippen molar-refractivity contribution in [1.29, 1.82) is 0 Å². The number of carbonyl (C=O) groups is 1. The molecule has 0 amide bonds. The van der Waals surface area contributed by atoms with E-state index in [9.17, 15) is 4.79 Å². The summed E-state index contributed by atoms with van der Waals surface area (Å²) < 4.78 is 12.5. The number of esters is 1. The van der Waals surface area contributed by atoms with Crippen molar-refractivity contribution in [1.82, 2.24) is 20.2 Å². The molecule has 0 bridgehead atoms. The Labute approximate surface area is 148 Å². The molecule has 0 aliphatic carbocycles. The molecule has 0 saturated heterocycles. The van der Waals surface area contributed by atoms with Gasteiger partial charge in [0.05, 0.1) is 5.69 Å². The molecule has 2 heterocycles. The fraction of sp³-hybridized carbons (Fsp3) is 0.176. The first-order valence-corrected chi connectivity index (χ1v) is 8.03.